The fourth-order valence-corrected chi connectivity index (χ4v) is 7.16. The molecule has 5 rings (SSSR count). The standard InChI is InChI=1S/C31H33N3O8/c1-8-13(2)31(39)42-12-21-22-16(25(35)14(3)29(40-6)27(22)37)10-19-24-23-17(26(36)15(4)30(41-7)28(23)38)9-18(33(24)5)20(11-32)34(19)21/h8,18-21,24H,9-10,12H2,1-7H3/b13-8+/t18-,19-,20-,21-,24-/m0/s1. The summed E-state index contributed by atoms with van der Waals surface area (Å²) in [4.78, 5) is 71.3. The van der Waals surface area contributed by atoms with E-state index in [-0.39, 0.29) is 70.4 Å². The number of methoxy groups -OCH3 is 2. The van der Waals surface area contributed by atoms with Gasteiger partial charge in [-0.15, -0.1) is 0 Å². The highest BCUT2D eigenvalue weighted by atomic mass is 16.5. The van der Waals surface area contributed by atoms with Crippen molar-refractivity contribution in [2.75, 3.05) is 27.9 Å². The molecule has 0 aromatic heterocycles. The Balaban J connectivity index is 1.71. The number of hydrogen-bond donors (Lipinski definition) is 0. The van der Waals surface area contributed by atoms with E-state index >= 15 is 0 Å². The average Bonchev–Trinajstić information content (AvgIpc) is 2.97. The number of fused-ring (bicyclic) bond motifs is 5. The predicted octanol–water partition coefficient (Wildman–Crippen LogP) is 1.65. The number of carbonyl (C=O) groups is 5. The highest BCUT2D eigenvalue weighted by molar-refractivity contribution is 6.26. The van der Waals surface area contributed by atoms with Gasteiger partial charge < -0.3 is 14.2 Å². The minimum absolute atomic E-state index is 0.0324. The van der Waals surface area contributed by atoms with Crippen LogP contribution < -0.4 is 0 Å². The summed E-state index contributed by atoms with van der Waals surface area (Å²) in [5.74, 6) is -2.32. The molecule has 0 spiro atoms. The molecule has 5 atom stereocenters. The van der Waals surface area contributed by atoms with E-state index in [1.807, 2.05) is 9.80 Å². The molecule has 0 N–H and O–H groups in total. The Labute approximate surface area is 243 Å². The van der Waals surface area contributed by atoms with Gasteiger partial charge in [0.15, 0.2) is 23.1 Å². The number of carbonyl (C=O) groups excluding carboxylic acids is 5. The molecule has 11 nitrogen and oxygen atoms in total. The van der Waals surface area contributed by atoms with Crippen molar-refractivity contribution in [3.63, 3.8) is 0 Å². The van der Waals surface area contributed by atoms with Gasteiger partial charge in [0.25, 0.3) is 0 Å². The van der Waals surface area contributed by atoms with Crippen LogP contribution in [0.3, 0.4) is 0 Å². The second kappa shape index (κ2) is 10.6. The zero-order valence-electron chi connectivity index (χ0n) is 24.7. The average molecular weight is 576 g/mol. The number of Topliss-reactive ketones (excluding diaryl/α,β-unsaturated/α-hetero) is 4. The number of esters is 1. The molecule has 0 unspecified atom stereocenters. The maximum absolute atomic E-state index is 13.8. The molecule has 5 aliphatic rings. The minimum Gasteiger partial charge on any atom is -0.492 e. The zero-order chi connectivity index (χ0) is 30.8. The molecule has 42 heavy (non-hydrogen) atoms. The van der Waals surface area contributed by atoms with Crippen LogP contribution in [0.15, 0.2) is 56.6 Å². The first-order valence-corrected chi connectivity index (χ1v) is 13.8. The normalized spacial score (nSPS) is 30.2. The number of likely N-dealkylation sites (N-methyl/N-ethyl adjacent to an activating group) is 1. The monoisotopic (exact) mass is 575 g/mol. The van der Waals surface area contributed by atoms with Crippen LogP contribution in [0.4, 0.5) is 0 Å². The van der Waals surface area contributed by atoms with Gasteiger partial charge in [0.1, 0.15) is 12.6 Å². The fraction of sp³-hybridized carbons (Fsp3) is 0.484. The van der Waals surface area contributed by atoms with E-state index < -0.39 is 47.7 Å². The summed E-state index contributed by atoms with van der Waals surface area (Å²) in [6, 6.07) is -1.35. The summed E-state index contributed by atoms with van der Waals surface area (Å²) in [7, 11) is 4.45. The van der Waals surface area contributed by atoms with Crippen molar-refractivity contribution in [1.82, 2.24) is 9.80 Å². The molecule has 0 aromatic rings. The minimum atomic E-state index is -0.971. The quantitative estimate of drug-likeness (QED) is 0.268. The third kappa shape index (κ3) is 3.96. The molecule has 0 saturated carbocycles. The van der Waals surface area contributed by atoms with Gasteiger partial charge >= 0.3 is 5.97 Å². The van der Waals surface area contributed by atoms with Crippen LogP contribution in [-0.2, 0) is 38.2 Å². The molecule has 2 aliphatic carbocycles. The van der Waals surface area contributed by atoms with Crippen molar-refractivity contribution in [2.45, 2.75) is 70.7 Å². The smallest absolute Gasteiger partial charge is 0.333 e. The van der Waals surface area contributed by atoms with Gasteiger partial charge in [-0.05, 0) is 47.6 Å². The van der Waals surface area contributed by atoms with Gasteiger partial charge in [-0.3, -0.25) is 29.0 Å². The number of ether oxygens (including phenoxy) is 3. The first kappa shape index (κ1) is 29.4. The zero-order valence-corrected chi connectivity index (χ0v) is 24.7. The van der Waals surface area contributed by atoms with E-state index in [1.165, 1.54) is 21.1 Å². The Bertz CT molecular complexity index is 1550. The summed E-state index contributed by atoms with van der Waals surface area (Å²) in [5, 5.41) is 10.5. The predicted molar refractivity (Wildman–Crippen MR) is 147 cm³/mol. The number of nitriles is 1. The number of nitrogens with zero attached hydrogens (tertiary/aromatic N) is 3. The lowest BCUT2D eigenvalue weighted by Gasteiger charge is -2.60. The van der Waals surface area contributed by atoms with E-state index in [1.54, 1.807) is 33.9 Å². The number of allylic oxidation sites excluding steroid dienone is 5. The maximum atomic E-state index is 13.8. The van der Waals surface area contributed by atoms with E-state index in [4.69, 9.17) is 14.2 Å². The summed E-state index contributed by atoms with van der Waals surface area (Å²) >= 11 is 0. The molecular formula is C31H33N3O8. The molecule has 1 fully saturated rings. The lowest BCUT2D eigenvalue weighted by Crippen LogP contribution is -2.74. The number of ketones is 4. The van der Waals surface area contributed by atoms with Gasteiger partial charge in [-0.2, -0.15) is 5.26 Å². The third-order valence-electron chi connectivity index (χ3n) is 9.34. The number of rotatable bonds is 5. The van der Waals surface area contributed by atoms with Crippen molar-refractivity contribution < 1.29 is 38.2 Å². The largest absolute Gasteiger partial charge is 0.492 e. The summed E-state index contributed by atoms with van der Waals surface area (Å²) in [6.07, 6.45) is 1.77. The molecular weight excluding hydrogens is 542 g/mol. The van der Waals surface area contributed by atoms with Gasteiger partial charge in [-0.1, -0.05) is 6.08 Å². The van der Waals surface area contributed by atoms with Gasteiger partial charge in [-0.25, -0.2) is 4.79 Å². The van der Waals surface area contributed by atoms with Crippen molar-refractivity contribution in [3.05, 3.63) is 56.6 Å². The van der Waals surface area contributed by atoms with Gasteiger partial charge in [0.05, 0.1) is 32.4 Å². The molecule has 0 aromatic carbocycles. The van der Waals surface area contributed by atoms with Crippen LogP contribution in [0.25, 0.3) is 0 Å². The van der Waals surface area contributed by atoms with Crippen molar-refractivity contribution in [2.24, 2.45) is 0 Å². The molecule has 0 amide bonds. The van der Waals surface area contributed by atoms with Crippen LogP contribution in [-0.4, -0.2) is 97.0 Å². The Kier molecular flexibility index (Phi) is 7.41. The van der Waals surface area contributed by atoms with Crippen LogP contribution in [0.1, 0.15) is 40.5 Å². The molecule has 3 aliphatic heterocycles. The first-order valence-electron chi connectivity index (χ1n) is 13.8. The second-order valence-electron chi connectivity index (χ2n) is 11.2. The summed E-state index contributed by atoms with van der Waals surface area (Å²) < 4.78 is 16.4. The lowest BCUT2D eigenvalue weighted by molar-refractivity contribution is -0.143. The maximum Gasteiger partial charge on any atom is 0.333 e. The van der Waals surface area contributed by atoms with Crippen LogP contribution in [0.5, 0.6) is 0 Å². The molecule has 220 valence electrons. The second-order valence-corrected chi connectivity index (χ2v) is 11.2. The summed E-state index contributed by atoms with van der Waals surface area (Å²) in [6.45, 7) is 6.05. The molecule has 3 heterocycles. The Morgan fingerprint density at radius 2 is 1.45 bits per heavy atom. The Morgan fingerprint density at radius 3 is 1.98 bits per heavy atom. The van der Waals surface area contributed by atoms with E-state index in [2.05, 4.69) is 6.07 Å². The van der Waals surface area contributed by atoms with Crippen LogP contribution in [0.2, 0.25) is 0 Å². The fourth-order valence-electron chi connectivity index (χ4n) is 7.16. The Hall–Kier alpha value is -4.14. The number of piperazine rings is 1. The highest BCUT2D eigenvalue weighted by Gasteiger charge is 2.60. The molecule has 2 bridgehead atoms. The molecule has 0 radical (unpaired) electrons. The van der Waals surface area contributed by atoms with Crippen molar-refractivity contribution in [3.8, 4) is 6.07 Å². The van der Waals surface area contributed by atoms with Crippen LogP contribution >= 0.6 is 0 Å². The highest BCUT2D eigenvalue weighted by Crippen LogP contribution is 2.49. The van der Waals surface area contributed by atoms with Crippen LogP contribution in [0, 0.1) is 11.3 Å². The van der Waals surface area contributed by atoms with E-state index in [0.29, 0.717) is 11.1 Å². The molecule has 1 saturated heterocycles. The van der Waals surface area contributed by atoms with Crippen molar-refractivity contribution >= 4 is 29.1 Å². The summed E-state index contributed by atoms with van der Waals surface area (Å²) in [5.41, 5.74) is 1.71. The third-order valence-corrected chi connectivity index (χ3v) is 9.34. The SMILES string of the molecule is C/C=C(\C)C(=O)OC[C@H]1C2=C(C[C@H]3[C@H]4C5=C(C[C@@H]([C@H](C#N)N13)N4C)C(=O)C(C)=C(OC)C5=O)C(=O)C(C)=C(OC)C2=O. The Morgan fingerprint density at radius 1 is 0.929 bits per heavy atom. The van der Waals surface area contributed by atoms with Gasteiger partial charge in [0.2, 0.25) is 11.6 Å². The van der Waals surface area contributed by atoms with Crippen molar-refractivity contribution in [1.29, 1.82) is 5.26 Å². The number of hydrogen-bond acceptors (Lipinski definition) is 11. The van der Waals surface area contributed by atoms with Gasteiger partial charge in [0, 0.05) is 51.1 Å². The molecule has 11 heteroatoms. The van der Waals surface area contributed by atoms with E-state index in [9.17, 15) is 29.2 Å². The first-order chi connectivity index (χ1) is 19.9. The van der Waals surface area contributed by atoms with E-state index in [0.717, 1.165) is 0 Å². The lowest BCUT2D eigenvalue weighted by atomic mass is 9.67. The topological polar surface area (TPSA) is 143 Å².